The van der Waals surface area contributed by atoms with Crippen LogP contribution in [-0.2, 0) is 14.8 Å². The van der Waals surface area contributed by atoms with Crippen LogP contribution >= 0.6 is 0 Å². The van der Waals surface area contributed by atoms with E-state index in [0.29, 0.717) is 11.0 Å². The first-order valence-corrected chi connectivity index (χ1v) is 6.80. The summed E-state index contributed by atoms with van der Waals surface area (Å²) >= 11 is 0. The zero-order valence-corrected chi connectivity index (χ0v) is 10.5. The molecule has 0 fully saturated rings. The topological polar surface area (TPSA) is 132 Å². The standard InChI is InChI=1S/C10H11N3O5S/c14-9(15)3-4-11-19(17,18)6-1-2-7-8(5-6)13-10(16)12-7/h1-2,5,11H,3-4H2,(H,14,15)(H2,12,13,16). The molecule has 0 aliphatic heterocycles. The first-order chi connectivity index (χ1) is 8.88. The van der Waals surface area contributed by atoms with E-state index in [0.717, 1.165) is 0 Å². The monoisotopic (exact) mass is 285 g/mol. The third-order valence-electron chi connectivity index (χ3n) is 2.43. The van der Waals surface area contributed by atoms with Crippen molar-refractivity contribution in [3.05, 3.63) is 28.7 Å². The Morgan fingerprint density at radius 2 is 1.95 bits per heavy atom. The predicted octanol–water partition coefficient (Wildman–Crippen LogP) is -0.391. The van der Waals surface area contributed by atoms with Crippen LogP contribution in [0.3, 0.4) is 0 Å². The largest absolute Gasteiger partial charge is 0.481 e. The zero-order chi connectivity index (χ0) is 14.0. The van der Waals surface area contributed by atoms with E-state index in [9.17, 15) is 18.0 Å². The number of carboxylic acid groups (broad SMARTS) is 1. The van der Waals surface area contributed by atoms with Gasteiger partial charge in [-0.05, 0) is 18.2 Å². The number of aromatic nitrogens is 2. The summed E-state index contributed by atoms with van der Waals surface area (Å²) in [4.78, 5) is 26.3. The van der Waals surface area contributed by atoms with E-state index in [2.05, 4.69) is 14.7 Å². The van der Waals surface area contributed by atoms with Crippen LogP contribution < -0.4 is 10.4 Å². The lowest BCUT2D eigenvalue weighted by Gasteiger charge is -2.05. The maximum absolute atomic E-state index is 11.9. The van der Waals surface area contributed by atoms with Crippen LogP contribution in [0.5, 0.6) is 0 Å². The molecule has 0 aliphatic carbocycles. The molecule has 8 nitrogen and oxygen atoms in total. The summed E-state index contributed by atoms with van der Waals surface area (Å²) in [5.74, 6) is -1.09. The van der Waals surface area contributed by atoms with Crippen LogP contribution in [0.4, 0.5) is 0 Å². The van der Waals surface area contributed by atoms with Gasteiger partial charge in [-0.1, -0.05) is 0 Å². The molecule has 1 aromatic carbocycles. The van der Waals surface area contributed by atoms with Gasteiger partial charge < -0.3 is 15.1 Å². The Morgan fingerprint density at radius 1 is 1.26 bits per heavy atom. The molecule has 0 amide bonds. The van der Waals surface area contributed by atoms with Gasteiger partial charge in [0.15, 0.2) is 0 Å². The van der Waals surface area contributed by atoms with Gasteiger partial charge in [0.2, 0.25) is 10.0 Å². The molecule has 2 aromatic rings. The number of sulfonamides is 1. The Bertz CT molecular complexity index is 774. The summed E-state index contributed by atoms with van der Waals surface area (Å²) in [5, 5.41) is 8.45. The molecule has 0 bridgehead atoms. The number of aromatic amines is 2. The quantitative estimate of drug-likeness (QED) is 0.594. The van der Waals surface area contributed by atoms with E-state index >= 15 is 0 Å². The normalized spacial score (nSPS) is 11.8. The number of carbonyl (C=O) groups is 1. The number of rotatable bonds is 5. The first-order valence-electron chi connectivity index (χ1n) is 5.32. The maximum Gasteiger partial charge on any atom is 0.323 e. The van der Waals surface area contributed by atoms with Gasteiger partial charge in [-0.25, -0.2) is 17.9 Å². The highest BCUT2D eigenvalue weighted by molar-refractivity contribution is 7.89. The molecule has 0 saturated carbocycles. The van der Waals surface area contributed by atoms with E-state index in [1.807, 2.05) is 0 Å². The lowest BCUT2D eigenvalue weighted by atomic mass is 10.3. The first kappa shape index (κ1) is 13.3. The molecule has 0 atom stereocenters. The predicted molar refractivity (Wildman–Crippen MR) is 66.4 cm³/mol. The van der Waals surface area contributed by atoms with Crippen LogP contribution in [0.15, 0.2) is 27.9 Å². The summed E-state index contributed by atoms with van der Waals surface area (Å²) < 4.78 is 25.9. The van der Waals surface area contributed by atoms with Gasteiger partial charge in [0.25, 0.3) is 0 Å². The summed E-state index contributed by atoms with van der Waals surface area (Å²) in [6, 6.07) is 4.09. The van der Waals surface area contributed by atoms with Crippen LogP contribution in [-0.4, -0.2) is 36.0 Å². The molecular formula is C10H11N3O5S. The molecular weight excluding hydrogens is 274 g/mol. The molecule has 0 unspecified atom stereocenters. The number of hydrogen-bond acceptors (Lipinski definition) is 4. The highest BCUT2D eigenvalue weighted by atomic mass is 32.2. The molecule has 0 saturated heterocycles. The number of aliphatic carboxylic acids is 1. The van der Waals surface area contributed by atoms with Gasteiger partial charge in [-0.3, -0.25) is 4.79 Å². The van der Waals surface area contributed by atoms with E-state index in [4.69, 9.17) is 5.11 Å². The number of hydrogen-bond donors (Lipinski definition) is 4. The van der Waals surface area contributed by atoms with Crippen LogP contribution in [0.1, 0.15) is 6.42 Å². The Morgan fingerprint density at radius 3 is 2.63 bits per heavy atom. The van der Waals surface area contributed by atoms with Crippen LogP contribution in [0.25, 0.3) is 11.0 Å². The minimum Gasteiger partial charge on any atom is -0.481 e. The minimum absolute atomic E-state index is 0.0411. The molecule has 0 aliphatic rings. The van der Waals surface area contributed by atoms with Crippen molar-refractivity contribution in [1.29, 1.82) is 0 Å². The fraction of sp³-hybridized carbons (Fsp3) is 0.200. The third-order valence-corrected chi connectivity index (χ3v) is 3.89. The van der Waals surface area contributed by atoms with Crippen molar-refractivity contribution < 1.29 is 18.3 Å². The second-order valence-electron chi connectivity index (χ2n) is 3.83. The SMILES string of the molecule is O=C(O)CCNS(=O)(=O)c1ccc2[nH]c(=O)[nH]c2c1. The van der Waals surface area contributed by atoms with Crippen molar-refractivity contribution in [3.63, 3.8) is 0 Å². The van der Waals surface area contributed by atoms with E-state index < -0.39 is 21.7 Å². The molecule has 1 aromatic heterocycles. The fourth-order valence-corrected chi connectivity index (χ4v) is 2.61. The van der Waals surface area contributed by atoms with Crippen molar-refractivity contribution in [2.75, 3.05) is 6.54 Å². The number of carboxylic acids is 1. The third kappa shape index (κ3) is 3.01. The van der Waals surface area contributed by atoms with Crippen molar-refractivity contribution in [2.24, 2.45) is 0 Å². The minimum atomic E-state index is -3.79. The molecule has 2 rings (SSSR count). The average Bonchev–Trinajstić information content (AvgIpc) is 2.67. The summed E-state index contributed by atoms with van der Waals surface area (Å²) in [5.41, 5.74) is 0.434. The van der Waals surface area contributed by atoms with Crippen molar-refractivity contribution in [2.45, 2.75) is 11.3 Å². The number of nitrogens with one attached hydrogen (secondary N) is 3. The number of imidazole rings is 1. The summed E-state index contributed by atoms with van der Waals surface area (Å²) in [6.45, 7) is -0.195. The molecule has 0 radical (unpaired) electrons. The number of fused-ring (bicyclic) bond motifs is 1. The molecule has 0 spiro atoms. The van der Waals surface area contributed by atoms with E-state index in [-0.39, 0.29) is 17.9 Å². The van der Waals surface area contributed by atoms with Gasteiger partial charge >= 0.3 is 11.7 Å². The Balaban J connectivity index is 2.26. The molecule has 102 valence electrons. The molecule has 19 heavy (non-hydrogen) atoms. The lowest BCUT2D eigenvalue weighted by molar-refractivity contribution is -0.136. The highest BCUT2D eigenvalue weighted by Crippen LogP contribution is 2.14. The second-order valence-corrected chi connectivity index (χ2v) is 5.59. The fourth-order valence-electron chi connectivity index (χ4n) is 1.55. The Kier molecular flexibility index (Phi) is 3.40. The van der Waals surface area contributed by atoms with Crippen molar-refractivity contribution in [1.82, 2.24) is 14.7 Å². The van der Waals surface area contributed by atoms with E-state index in [1.54, 1.807) is 0 Å². The second kappa shape index (κ2) is 4.86. The number of H-pyrrole nitrogens is 2. The zero-order valence-electron chi connectivity index (χ0n) is 9.63. The van der Waals surface area contributed by atoms with Crippen LogP contribution in [0, 0.1) is 0 Å². The van der Waals surface area contributed by atoms with Gasteiger partial charge in [0.05, 0.1) is 22.3 Å². The van der Waals surface area contributed by atoms with Gasteiger partial charge in [0, 0.05) is 6.54 Å². The summed E-state index contributed by atoms with van der Waals surface area (Å²) in [7, 11) is -3.79. The number of benzene rings is 1. The maximum atomic E-state index is 11.9. The van der Waals surface area contributed by atoms with Gasteiger partial charge in [-0.2, -0.15) is 0 Å². The van der Waals surface area contributed by atoms with Crippen LogP contribution in [0.2, 0.25) is 0 Å². The van der Waals surface area contributed by atoms with E-state index in [1.165, 1.54) is 18.2 Å². The van der Waals surface area contributed by atoms with Gasteiger partial charge in [-0.15, -0.1) is 0 Å². The molecule has 1 heterocycles. The smallest absolute Gasteiger partial charge is 0.323 e. The average molecular weight is 285 g/mol. The Hall–Kier alpha value is -2.13. The van der Waals surface area contributed by atoms with Gasteiger partial charge in [0.1, 0.15) is 0 Å². The molecule has 4 N–H and O–H groups in total. The Labute approximate surface area is 107 Å². The van der Waals surface area contributed by atoms with Crippen molar-refractivity contribution in [3.8, 4) is 0 Å². The molecule has 9 heteroatoms. The lowest BCUT2D eigenvalue weighted by Crippen LogP contribution is -2.26. The highest BCUT2D eigenvalue weighted by Gasteiger charge is 2.15. The summed E-state index contributed by atoms with van der Waals surface area (Å²) in [6.07, 6.45) is -0.303. The van der Waals surface area contributed by atoms with Crippen molar-refractivity contribution >= 4 is 27.0 Å².